The van der Waals surface area contributed by atoms with Crippen LogP contribution < -0.4 is 4.74 Å². The van der Waals surface area contributed by atoms with Crippen LogP contribution in [0, 0.1) is 0 Å². The van der Waals surface area contributed by atoms with Gasteiger partial charge in [0.25, 0.3) is 5.91 Å². The predicted molar refractivity (Wildman–Crippen MR) is 70.4 cm³/mol. The van der Waals surface area contributed by atoms with E-state index in [9.17, 15) is 4.79 Å². The van der Waals surface area contributed by atoms with Gasteiger partial charge >= 0.3 is 0 Å². The number of benzene rings is 1. The first-order valence-corrected chi connectivity index (χ1v) is 6.64. The number of halogens is 1. The van der Waals surface area contributed by atoms with Gasteiger partial charge in [0.2, 0.25) is 0 Å². The molecule has 0 N–H and O–H groups in total. The Kier molecular flexibility index (Phi) is 4.05. The van der Waals surface area contributed by atoms with Crippen LogP contribution in [-0.2, 0) is 0 Å². The summed E-state index contributed by atoms with van der Waals surface area (Å²) in [6.07, 6.45) is 3.42. The summed E-state index contributed by atoms with van der Waals surface area (Å²) in [7, 11) is 1.59. The number of piperidine rings is 1. The van der Waals surface area contributed by atoms with E-state index < -0.39 is 0 Å². The minimum atomic E-state index is 0.0721. The van der Waals surface area contributed by atoms with E-state index >= 15 is 0 Å². The largest absolute Gasteiger partial charge is 0.496 e. The average Bonchev–Trinajstić information content (AvgIpc) is 2.39. The molecule has 17 heavy (non-hydrogen) atoms. The van der Waals surface area contributed by atoms with Crippen LogP contribution in [0.25, 0.3) is 0 Å². The smallest absolute Gasteiger partial charge is 0.257 e. The maximum Gasteiger partial charge on any atom is 0.257 e. The minimum Gasteiger partial charge on any atom is -0.496 e. The highest BCUT2D eigenvalue weighted by Crippen LogP contribution is 2.25. The zero-order chi connectivity index (χ0) is 12.3. The summed E-state index contributed by atoms with van der Waals surface area (Å²) in [5.74, 6) is 0.714. The molecule has 1 saturated heterocycles. The molecule has 0 saturated carbocycles. The van der Waals surface area contributed by atoms with Crippen molar-refractivity contribution in [2.24, 2.45) is 0 Å². The number of rotatable bonds is 2. The molecule has 0 aromatic heterocycles. The number of carbonyl (C=O) groups excluding carboxylic acids is 1. The second kappa shape index (κ2) is 5.54. The maximum absolute atomic E-state index is 12.4. The number of nitrogens with zero attached hydrogens (tertiary/aromatic N) is 1. The molecule has 0 unspecified atom stereocenters. The zero-order valence-corrected chi connectivity index (χ0v) is 11.5. The summed E-state index contributed by atoms with van der Waals surface area (Å²) < 4.78 is 6.15. The Bertz CT molecular complexity index is 414. The highest BCUT2D eigenvalue weighted by molar-refractivity contribution is 9.10. The van der Waals surface area contributed by atoms with Gasteiger partial charge < -0.3 is 9.64 Å². The number of ether oxygens (including phenoxy) is 1. The van der Waals surface area contributed by atoms with Gasteiger partial charge in [0.05, 0.1) is 12.7 Å². The van der Waals surface area contributed by atoms with Crippen molar-refractivity contribution in [3.8, 4) is 5.75 Å². The summed E-state index contributed by atoms with van der Waals surface area (Å²) in [4.78, 5) is 14.3. The van der Waals surface area contributed by atoms with E-state index in [0.29, 0.717) is 11.3 Å². The molecule has 0 radical (unpaired) electrons. The Morgan fingerprint density at radius 1 is 1.29 bits per heavy atom. The Morgan fingerprint density at radius 2 is 2.00 bits per heavy atom. The fourth-order valence-electron chi connectivity index (χ4n) is 2.11. The standard InChI is InChI=1S/C13H16BrNO2/c1-17-12-6-5-10(14)9-11(12)13(16)15-7-3-2-4-8-15/h5-6,9H,2-4,7-8H2,1H3. The number of methoxy groups -OCH3 is 1. The summed E-state index contributed by atoms with van der Waals surface area (Å²) in [6, 6.07) is 5.53. The molecule has 1 amide bonds. The maximum atomic E-state index is 12.4. The molecule has 2 rings (SSSR count). The van der Waals surface area contributed by atoms with E-state index in [-0.39, 0.29) is 5.91 Å². The van der Waals surface area contributed by atoms with Gasteiger partial charge in [-0.1, -0.05) is 15.9 Å². The van der Waals surface area contributed by atoms with Crippen molar-refractivity contribution in [1.29, 1.82) is 0 Å². The lowest BCUT2D eigenvalue weighted by molar-refractivity contribution is 0.0721. The third-order valence-corrected chi connectivity index (χ3v) is 3.53. The van der Waals surface area contributed by atoms with Gasteiger partial charge in [-0.15, -0.1) is 0 Å². The molecule has 1 aromatic rings. The second-order valence-corrected chi connectivity index (χ2v) is 5.11. The van der Waals surface area contributed by atoms with Crippen LogP contribution in [0.5, 0.6) is 5.75 Å². The molecule has 92 valence electrons. The van der Waals surface area contributed by atoms with Crippen LogP contribution in [0.15, 0.2) is 22.7 Å². The topological polar surface area (TPSA) is 29.5 Å². The molecular formula is C13H16BrNO2. The van der Waals surface area contributed by atoms with Crippen LogP contribution in [0.3, 0.4) is 0 Å². The predicted octanol–water partition coefficient (Wildman–Crippen LogP) is 3.08. The molecule has 3 nitrogen and oxygen atoms in total. The summed E-state index contributed by atoms with van der Waals surface area (Å²) in [5.41, 5.74) is 0.642. The molecule has 4 heteroatoms. The van der Waals surface area contributed by atoms with Crippen LogP contribution in [-0.4, -0.2) is 31.0 Å². The van der Waals surface area contributed by atoms with Crippen molar-refractivity contribution in [1.82, 2.24) is 4.90 Å². The number of amides is 1. The molecule has 1 aliphatic rings. The molecule has 0 spiro atoms. The van der Waals surface area contributed by atoms with E-state index in [2.05, 4.69) is 15.9 Å². The molecule has 0 bridgehead atoms. The van der Waals surface area contributed by atoms with Crippen molar-refractivity contribution in [2.75, 3.05) is 20.2 Å². The van der Waals surface area contributed by atoms with Crippen LogP contribution in [0.2, 0.25) is 0 Å². The molecule has 1 fully saturated rings. The van der Waals surface area contributed by atoms with Crippen molar-refractivity contribution in [3.63, 3.8) is 0 Å². The highest BCUT2D eigenvalue weighted by atomic mass is 79.9. The van der Waals surface area contributed by atoms with Crippen LogP contribution in [0.4, 0.5) is 0 Å². The number of hydrogen-bond donors (Lipinski definition) is 0. The van der Waals surface area contributed by atoms with E-state index in [1.54, 1.807) is 7.11 Å². The number of likely N-dealkylation sites (tertiary alicyclic amines) is 1. The number of carbonyl (C=O) groups is 1. The Hall–Kier alpha value is -1.03. The van der Waals surface area contributed by atoms with Gasteiger partial charge in [0.1, 0.15) is 5.75 Å². The quantitative estimate of drug-likeness (QED) is 0.839. The molecular weight excluding hydrogens is 282 g/mol. The highest BCUT2D eigenvalue weighted by Gasteiger charge is 2.21. The Morgan fingerprint density at radius 3 is 2.65 bits per heavy atom. The van der Waals surface area contributed by atoms with Gasteiger partial charge in [0.15, 0.2) is 0 Å². The lowest BCUT2D eigenvalue weighted by Gasteiger charge is -2.27. The summed E-state index contributed by atoms with van der Waals surface area (Å²) >= 11 is 3.39. The van der Waals surface area contributed by atoms with Crippen molar-refractivity contribution < 1.29 is 9.53 Å². The minimum absolute atomic E-state index is 0.0721. The second-order valence-electron chi connectivity index (χ2n) is 4.20. The first kappa shape index (κ1) is 12.4. The van der Waals surface area contributed by atoms with E-state index in [0.717, 1.165) is 30.4 Å². The van der Waals surface area contributed by atoms with Gasteiger partial charge in [-0.25, -0.2) is 0 Å². The summed E-state index contributed by atoms with van der Waals surface area (Å²) in [6.45, 7) is 1.71. The normalized spacial score (nSPS) is 15.8. The van der Waals surface area contributed by atoms with Crippen LogP contribution in [0.1, 0.15) is 29.6 Å². The molecule has 1 aromatic carbocycles. The lowest BCUT2D eigenvalue weighted by atomic mass is 10.1. The van der Waals surface area contributed by atoms with Gasteiger partial charge in [-0.05, 0) is 37.5 Å². The van der Waals surface area contributed by atoms with Crippen molar-refractivity contribution >= 4 is 21.8 Å². The average molecular weight is 298 g/mol. The molecule has 1 aliphatic heterocycles. The van der Waals surface area contributed by atoms with Crippen molar-refractivity contribution in [2.45, 2.75) is 19.3 Å². The fraction of sp³-hybridized carbons (Fsp3) is 0.462. The van der Waals surface area contributed by atoms with E-state index in [4.69, 9.17) is 4.74 Å². The first-order valence-electron chi connectivity index (χ1n) is 5.85. The lowest BCUT2D eigenvalue weighted by Crippen LogP contribution is -2.35. The zero-order valence-electron chi connectivity index (χ0n) is 9.91. The molecule has 0 aliphatic carbocycles. The monoisotopic (exact) mass is 297 g/mol. The first-order chi connectivity index (χ1) is 8.22. The Balaban J connectivity index is 2.25. The van der Waals surface area contributed by atoms with Crippen molar-refractivity contribution in [3.05, 3.63) is 28.2 Å². The third kappa shape index (κ3) is 2.80. The summed E-state index contributed by atoms with van der Waals surface area (Å²) in [5, 5.41) is 0. The number of hydrogen-bond acceptors (Lipinski definition) is 2. The van der Waals surface area contributed by atoms with Crippen LogP contribution >= 0.6 is 15.9 Å². The van der Waals surface area contributed by atoms with Gasteiger partial charge in [-0.2, -0.15) is 0 Å². The SMILES string of the molecule is COc1ccc(Br)cc1C(=O)N1CCCCC1. The van der Waals surface area contributed by atoms with E-state index in [1.165, 1.54) is 6.42 Å². The molecule has 1 heterocycles. The Labute approximate surface area is 110 Å². The van der Waals surface area contributed by atoms with E-state index in [1.807, 2.05) is 23.1 Å². The van der Waals surface area contributed by atoms with Gasteiger partial charge in [-0.3, -0.25) is 4.79 Å². The third-order valence-electron chi connectivity index (χ3n) is 3.04. The van der Waals surface area contributed by atoms with Gasteiger partial charge in [0, 0.05) is 17.6 Å². The fourth-order valence-corrected chi connectivity index (χ4v) is 2.48. The molecule has 0 atom stereocenters.